The highest BCUT2D eigenvalue weighted by atomic mass is 16.3. The van der Waals surface area contributed by atoms with Gasteiger partial charge in [0, 0.05) is 27.8 Å². The van der Waals surface area contributed by atoms with Crippen LogP contribution in [0.2, 0.25) is 0 Å². The van der Waals surface area contributed by atoms with Gasteiger partial charge in [-0.3, -0.25) is 0 Å². The molecular formula is C31H25NO. The van der Waals surface area contributed by atoms with Crippen LogP contribution < -0.4 is 4.90 Å². The van der Waals surface area contributed by atoms with Gasteiger partial charge in [-0.2, -0.15) is 0 Å². The van der Waals surface area contributed by atoms with Crippen molar-refractivity contribution in [2.24, 2.45) is 0 Å². The Balaban J connectivity index is 1.59. The van der Waals surface area contributed by atoms with Crippen molar-refractivity contribution in [1.82, 2.24) is 0 Å². The fourth-order valence-corrected chi connectivity index (χ4v) is 4.71. The molecular weight excluding hydrogens is 402 g/mol. The first-order valence-corrected chi connectivity index (χ1v) is 11.5. The number of nitrogens with zero attached hydrogens (tertiary/aromatic N) is 1. The van der Waals surface area contributed by atoms with Gasteiger partial charge < -0.3 is 9.32 Å². The minimum absolute atomic E-state index is 0.506. The summed E-state index contributed by atoms with van der Waals surface area (Å²) in [5.41, 5.74) is 6.56. The molecule has 6 aromatic rings. The van der Waals surface area contributed by atoms with Gasteiger partial charge in [-0.25, -0.2) is 0 Å². The summed E-state index contributed by atoms with van der Waals surface area (Å²) in [5.74, 6) is 0.506. The van der Waals surface area contributed by atoms with Crippen LogP contribution in [0.5, 0.6) is 0 Å². The van der Waals surface area contributed by atoms with Crippen molar-refractivity contribution < 1.29 is 4.42 Å². The van der Waals surface area contributed by atoms with E-state index in [9.17, 15) is 0 Å². The van der Waals surface area contributed by atoms with Gasteiger partial charge in [0.2, 0.25) is 0 Å². The molecule has 6 rings (SSSR count). The Labute approximate surface area is 193 Å². The minimum Gasteiger partial charge on any atom is -0.456 e. The number of rotatable bonds is 4. The van der Waals surface area contributed by atoms with E-state index >= 15 is 0 Å². The Hall–Kier alpha value is -4.04. The molecule has 0 atom stereocenters. The molecule has 0 N–H and O–H groups in total. The zero-order valence-electron chi connectivity index (χ0n) is 18.8. The number of hydrogen-bond acceptors (Lipinski definition) is 2. The molecule has 0 fully saturated rings. The van der Waals surface area contributed by atoms with Crippen LogP contribution in [0.15, 0.2) is 114 Å². The average Bonchev–Trinajstić information content (AvgIpc) is 3.24. The van der Waals surface area contributed by atoms with Crippen LogP contribution in [-0.2, 0) is 0 Å². The van der Waals surface area contributed by atoms with E-state index in [4.69, 9.17) is 4.42 Å². The summed E-state index contributed by atoms with van der Waals surface area (Å²) >= 11 is 0. The summed E-state index contributed by atoms with van der Waals surface area (Å²) < 4.78 is 6.23. The second kappa shape index (κ2) is 7.83. The predicted molar refractivity (Wildman–Crippen MR) is 140 cm³/mol. The van der Waals surface area contributed by atoms with Gasteiger partial charge in [0.05, 0.1) is 0 Å². The third-order valence-electron chi connectivity index (χ3n) is 6.43. The van der Waals surface area contributed by atoms with Crippen LogP contribution in [0.4, 0.5) is 17.1 Å². The Kier molecular flexibility index (Phi) is 4.66. The summed E-state index contributed by atoms with van der Waals surface area (Å²) in [6.07, 6.45) is 0. The van der Waals surface area contributed by atoms with Crippen LogP contribution in [0, 0.1) is 0 Å². The van der Waals surface area contributed by atoms with E-state index in [0.717, 1.165) is 33.6 Å². The molecule has 0 aliphatic rings. The largest absolute Gasteiger partial charge is 0.456 e. The van der Waals surface area contributed by atoms with Gasteiger partial charge in [-0.05, 0) is 70.8 Å². The van der Waals surface area contributed by atoms with Gasteiger partial charge in [-0.1, -0.05) is 74.5 Å². The fourth-order valence-electron chi connectivity index (χ4n) is 4.71. The van der Waals surface area contributed by atoms with E-state index in [0.29, 0.717) is 5.92 Å². The van der Waals surface area contributed by atoms with Crippen LogP contribution in [0.1, 0.15) is 25.3 Å². The highest BCUT2D eigenvalue weighted by Crippen LogP contribution is 2.40. The molecule has 0 saturated carbocycles. The molecule has 0 radical (unpaired) electrons. The highest BCUT2D eigenvalue weighted by molar-refractivity contribution is 6.19. The quantitative estimate of drug-likeness (QED) is 0.279. The maximum Gasteiger partial charge on any atom is 0.136 e. The van der Waals surface area contributed by atoms with Gasteiger partial charge in [0.1, 0.15) is 11.2 Å². The highest BCUT2D eigenvalue weighted by Gasteiger charge is 2.16. The third-order valence-corrected chi connectivity index (χ3v) is 6.43. The molecule has 0 aliphatic heterocycles. The standard InChI is InChI=1S/C31H25NO/c1-21(2)22-12-15-25(16-13-22)32(24-9-4-3-5-10-24)26-17-19-29-28(20-26)31-27-11-7-6-8-23(27)14-18-30(31)33-29/h3-21H,1-2H3. The van der Waals surface area contributed by atoms with Crippen LogP contribution in [0.3, 0.4) is 0 Å². The van der Waals surface area contributed by atoms with E-state index in [2.05, 4.69) is 128 Å². The molecule has 0 saturated heterocycles. The van der Waals surface area contributed by atoms with Crippen molar-refractivity contribution in [2.45, 2.75) is 19.8 Å². The normalized spacial score (nSPS) is 11.6. The first-order chi connectivity index (χ1) is 16.2. The number of furan rings is 1. The Morgan fingerprint density at radius 3 is 2.03 bits per heavy atom. The van der Waals surface area contributed by atoms with Crippen molar-refractivity contribution in [1.29, 1.82) is 0 Å². The van der Waals surface area contributed by atoms with E-state index in [-0.39, 0.29) is 0 Å². The van der Waals surface area contributed by atoms with Crippen LogP contribution in [-0.4, -0.2) is 0 Å². The van der Waals surface area contributed by atoms with E-state index in [1.54, 1.807) is 0 Å². The number of hydrogen-bond donors (Lipinski definition) is 0. The first-order valence-electron chi connectivity index (χ1n) is 11.5. The van der Waals surface area contributed by atoms with Crippen molar-refractivity contribution in [3.8, 4) is 0 Å². The van der Waals surface area contributed by atoms with E-state index in [1.165, 1.54) is 21.7 Å². The van der Waals surface area contributed by atoms with Crippen LogP contribution >= 0.6 is 0 Å². The number of fused-ring (bicyclic) bond motifs is 5. The van der Waals surface area contributed by atoms with Crippen molar-refractivity contribution in [3.05, 3.63) is 115 Å². The molecule has 0 unspecified atom stereocenters. The average molecular weight is 428 g/mol. The van der Waals surface area contributed by atoms with Crippen molar-refractivity contribution in [3.63, 3.8) is 0 Å². The lowest BCUT2D eigenvalue weighted by Crippen LogP contribution is -2.09. The van der Waals surface area contributed by atoms with Gasteiger partial charge in [0.25, 0.3) is 0 Å². The molecule has 2 nitrogen and oxygen atoms in total. The zero-order valence-corrected chi connectivity index (χ0v) is 18.8. The molecule has 0 aliphatic carbocycles. The zero-order chi connectivity index (χ0) is 22.4. The third kappa shape index (κ3) is 3.35. The summed E-state index contributed by atoms with van der Waals surface area (Å²) in [7, 11) is 0. The van der Waals surface area contributed by atoms with Gasteiger partial charge >= 0.3 is 0 Å². The van der Waals surface area contributed by atoms with Gasteiger partial charge in [-0.15, -0.1) is 0 Å². The molecule has 5 aromatic carbocycles. The molecule has 1 aromatic heterocycles. The lowest BCUT2D eigenvalue weighted by Gasteiger charge is -2.26. The summed E-state index contributed by atoms with van der Waals surface area (Å²) in [6, 6.07) is 38.7. The lowest BCUT2D eigenvalue weighted by molar-refractivity contribution is 0.669. The van der Waals surface area contributed by atoms with Crippen molar-refractivity contribution >= 4 is 49.8 Å². The van der Waals surface area contributed by atoms with Crippen LogP contribution in [0.25, 0.3) is 32.7 Å². The maximum absolute atomic E-state index is 6.23. The molecule has 33 heavy (non-hydrogen) atoms. The monoisotopic (exact) mass is 427 g/mol. The molecule has 0 bridgehead atoms. The minimum atomic E-state index is 0.506. The summed E-state index contributed by atoms with van der Waals surface area (Å²) in [4.78, 5) is 2.31. The first kappa shape index (κ1) is 19.6. The summed E-state index contributed by atoms with van der Waals surface area (Å²) in [6.45, 7) is 4.46. The molecule has 0 amide bonds. The Morgan fingerprint density at radius 2 is 1.24 bits per heavy atom. The Morgan fingerprint density at radius 1 is 0.576 bits per heavy atom. The summed E-state index contributed by atoms with van der Waals surface area (Å²) in [5, 5.41) is 4.76. The van der Waals surface area contributed by atoms with Crippen molar-refractivity contribution in [2.75, 3.05) is 4.90 Å². The maximum atomic E-state index is 6.23. The smallest absolute Gasteiger partial charge is 0.136 e. The van der Waals surface area contributed by atoms with E-state index < -0.39 is 0 Å². The molecule has 0 spiro atoms. The Bertz CT molecular complexity index is 1580. The molecule has 1 heterocycles. The SMILES string of the molecule is CC(C)c1ccc(N(c2ccccc2)c2ccc3oc4ccc5ccccc5c4c3c2)cc1. The number of benzene rings is 5. The lowest BCUT2D eigenvalue weighted by atomic mass is 10.0. The second-order valence-electron chi connectivity index (χ2n) is 8.86. The molecule has 2 heteroatoms. The van der Waals surface area contributed by atoms with Gasteiger partial charge in [0.15, 0.2) is 0 Å². The number of para-hydroxylation sites is 1. The topological polar surface area (TPSA) is 16.4 Å². The second-order valence-corrected chi connectivity index (χ2v) is 8.86. The molecule has 160 valence electrons. The van der Waals surface area contributed by atoms with E-state index in [1.807, 2.05) is 0 Å². The fraction of sp³-hybridized carbons (Fsp3) is 0.0968. The number of anilines is 3. The predicted octanol–water partition coefficient (Wildman–Crippen LogP) is 9.33.